The Hall–Kier alpha value is -2.22. The van der Waals surface area contributed by atoms with Crippen LogP contribution in [0.5, 0.6) is 0 Å². The topological polar surface area (TPSA) is 18.5 Å². The molecule has 2 rings (SSSR count). The second-order valence-corrected chi connectivity index (χ2v) is 4.28. The predicted molar refractivity (Wildman–Crippen MR) is 83.1 cm³/mol. The molecule has 0 bridgehead atoms. The second-order valence-electron chi connectivity index (χ2n) is 4.28. The van der Waals surface area contributed by atoms with Crippen molar-refractivity contribution in [3.05, 3.63) is 66.4 Å². The highest BCUT2D eigenvalue weighted by atomic mass is 16.5. The van der Waals surface area contributed by atoms with Crippen LogP contribution in [-0.4, -0.2) is 13.2 Å². The maximum absolute atomic E-state index is 5.73. The van der Waals surface area contributed by atoms with Crippen LogP contribution in [0.25, 0.3) is 16.9 Å². The molecule has 0 aromatic heterocycles. The molecule has 0 atom stereocenters. The average molecular weight is 268 g/mol. The summed E-state index contributed by atoms with van der Waals surface area (Å²) < 4.78 is 11.1. The SMILES string of the molecule is CCOC=C(OCC)c1ccccc1-c1ccccc1. The first-order valence-corrected chi connectivity index (χ1v) is 6.96. The van der Waals surface area contributed by atoms with Crippen molar-refractivity contribution in [1.82, 2.24) is 0 Å². The Bertz CT molecular complexity index is 559. The minimum Gasteiger partial charge on any atom is -0.498 e. The van der Waals surface area contributed by atoms with Crippen LogP contribution < -0.4 is 0 Å². The Balaban J connectivity index is 2.45. The van der Waals surface area contributed by atoms with Crippen molar-refractivity contribution >= 4 is 5.76 Å². The summed E-state index contributed by atoms with van der Waals surface area (Å²) in [6.45, 7) is 5.18. The normalized spacial score (nSPS) is 11.2. The fraction of sp³-hybridized carbons (Fsp3) is 0.222. The minimum atomic E-state index is 0.613. The monoisotopic (exact) mass is 268 g/mol. The highest BCUT2D eigenvalue weighted by Gasteiger charge is 2.10. The zero-order valence-corrected chi connectivity index (χ0v) is 12.0. The van der Waals surface area contributed by atoms with E-state index in [2.05, 4.69) is 24.3 Å². The Morgan fingerprint density at radius 3 is 2.30 bits per heavy atom. The van der Waals surface area contributed by atoms with Gasteiger partial charge in [0, 0.05) is 5.56 Å². The molecule has 0 aliphatic carbocycles. The third-order valence-electron chi connectivity index (χ3n) is 2.93. The molecule has 0 spiro atoms. The van der Waals surface area contributed by atoms with E-state index in [0.717, 1.165) is 16.9 Å². The largest absolute Gasteiger partial charge is 0.498 e. The van der Waals surface area contributed by atoms with Gasteiger partial charge >= 0.3 is 0 Å². The lowest BCUT2D eigenvalue weighted by Crippen LogP contribution is -1.96. The molecule has 0 radical (unpaired) electrons. The lowest BCUT2D eigenvalue weighted by atomic mass is 9.99. The van der Waals surface area contributed by atoms with Crippen LogP contribution in [0.1, 0.15) is 19.4 Å². The van der Waals surface area contributed by atoms with Crippen molar-refractivity contribution in [3.63, 3.8) is 0 Å². The van der Waals surface area contributed by atoms with Gasteiger partial charge in [0.25, 0.3) is 0 Å². The molecular weight excluding hydrogens is 248 g/mol. The van der Waals surface area contributed by atoms with E-state index in [0.29, 0.717) is 13.2 Å². The maximum Gasteiger partial charge on any atom is 0.161 e. The Morgan fingerprint density at radius 1 is 0.900 bits per heavy atom. The van der Waals surface area contributed by atoms with Gasteiger partial charge in [-0.05, 0) is 25.0 Å². The third kappa shape index (κ3) is 3.41. The Morgan fingerprint density at radius 2 is 1.60 bits per heavy atom. The van der Waals surface area contributed by atoms with E-state index < -0.39 is 0 Å². The average Bonchev–Trinajstić information content (AvgIpc) is 2.52. The quantitative estimate of drug-likeness (QED) is 0.705. The zero-order chi connectivity index (χ0) is 14.2. The highest BCUT2D eigenvalue weighted by molar-refractivity contribution is 5.78. The summed E-state index contributed by atoms with van der Waals surface area (Å²) in [6.07, 6.45) is 1.70. The fourth-order valence-electron chi connectivity index (χ4n) is 2.06. The van der Waals surface area contributed by atoms with Crippen molar-refractivity contribution in [2.24, 2.45) is 0 Å². The van der Waals surface area contributed by atoms with E-state index in [1.54, 1.807) is 6.26 Å². The molecule has 2 aromatic carbocycles. The number of hydrogen-bond acceptors (Lipinski definition) is 2. The van der Waals surface area contributed by atoms with Crippen LogP contribution in [0.4, 0.5) is 0 Å². The number of ether oxygens (including phenoxy) is 2. The standard InChI is InChI=1S/C18H20O2/c1-3-19-14-18(20-4-2)17-13-9-8-12-16(17)15-10-6-5-7-11-15/h5-14H,3-4H2,1-2H3. The summed E-state index contributed by atoms with van der Waals surface area (Å²) in [5.41, 5.74) is 3.37. The van der Waals surface area contributed by atoms with Crippen molar-refractivity contribution in [2.45, 2.75) is 13.8 Å². The Labute approximate surface area is 120 Å². The number of benzene rings is 2. The summed E-state index contributed by atoms with van der Waals surface area (Å²) in [6, 6.07) is 18.5. The van der Waals surface area contributed by atoms with E-state index in [1.165, 1.54) is 5.56 Å². The molecule has 2 aromatic rings. The van der Waals surface area contributed by atoms with Crippen LogP contribution in [-0.2, 0) is 9.47 Å². The molecule has 0 heterocycles. The molecule has 20 heavy (non-hydrogen) atoms. The molecule has 2 nitrogen and oxygen atoms in total. The van der Waals surface area contributed by atoms with Crippen LogP contribution in [0, 0.1) is 0 Å². The van der Waals surface area contributed by atoms with E-state index >= 15 is 0 Å². The maximum atomic E-state index is 5.73. The number of hydrogen-bond donors (Lipinski definition) is 0. The van der Waals surface area contributed by atoms with Gasteiger partial charge in [-0.15, -0.1) is 0 Å². The molecule has 0 saturated heterocycles. The smallest absolute Gasteiger partial charge is 0.161 e. The van der Waals surface area contributed by atoms with Crippen molar-refractivity contribution in [3.8, 4) is 11.1 Å². The van der Waals surface area contributed by atoms with E-state index in [1.807, 2.05) is 44.2 Å². The summed E-state index contributed by atoms with van der Waals surface area (Å²) in [5, 5.41) is 0. The number of rotatable bonds is 6. The molecule has 104 valence electrons. The van der Waals surface area contributed by atoms with Gasteiger partial charge in [0.2, 0.25) is 0 Å². The summed E-state index contributed by atoms with van der Waals surface area (Å²) in [5.74, 6) is 0.772. The van der Waals surface area contributed by atoms with Gasteiger partial charge in [-0.2, -0.15) is 0 Å². The first kappa shape index (κ1) is 14.2. The molecule has 0 aliphatic heterocycles. The van der Waals surface area contributed by atoms with E-state index in [9.17, 15) is 0 Å². The molecular formula is C18H20O2. The molecule has 2 heteroatoms. The lowest BCUT2D eigenvalue weighted by molar-refractivity contribution is 0.240. The summed E-state index contributed by atoms with van der Waals surface area (Å²) in [7, 11) is 0. The second kappa shape index (κ2) is 7.39. The molecule has 0 fully saturated rings. The first-order chi connectivity index (χ1) is 9.86. The first-order valence-electron chi connectivity index (χ1n) is 6.96. The fourth-order valence-corrected chi connectivity index (χ4v) is 2.06. The predicted octanol–water partition coefficient (Wildman–Crippen LogP) is 4.73. The lowest BCUT2D eigenvalue weighted by Gasteiger charge is -2.13. The third-order valence-corrected chi connectivity index (χ3v) is 2.93. The van der Waals surface area contributed by atoms with Crippen molar-refractivity contribution in [2.75, 3.05) is 13.2 Å². The molecule has 0 saturated carbocycles. The Kier molecular flexibility index (Phi) is 5.24. The summed E-state index contributed by atoms with van der Waals surface area (Å²) in [4.78, 5) is 0. The molecule has 0 N–H and O–H groups in total. The van der Waals surface area contributed by atoms with Crippen LogP contribution in [0.3, 0.4) is 0 Å². The summed E-state index contributed by atoms with van der Waals surface area (Å²) >= 11 is 0. The molecule has 0 unspecified atom stereocenters. The van der Waals surface area contributed by atoms with Gasteiger partial charge in [0.1, 0.15) is 6.26 Å². The van der Waals surface area contributed by atoms with Crippen LogP contribution in [0.2, 0.25) is 0 Å². The van der Waals surface area contributed by atoms with Crippen LogP contribution in [0.15, 0.2) is 60.9 Å². The van der Waals surface area contributed by atoms with Gasteiger partial charge in [0.15, 0.2) is 5.76 Å². The van der Waals surface area contributed by atoms with Gasteiger partial charge in [-0.25, -0.2) is 0 Å². The van der Waals surface area contributed by atoms with E-state index in [4.69, 9.17) is 9.47 Å². The van der Waals surface area contributed by atoms with Crippen LogP contribution >= 0.6 is 0 Å². The molecule has 0 aliphatic rings. The molecule has 0 amide bonds. The highest BCUT2D eigenvalue weighted by Crippen LogP contribution is 2.29. The van der Waals surface area contributed by atoms with Crippen molar-refractivity contribution < 1.29 is 9.47 Å². The minimum absolute atomic E-state index is 0.613. The van der Waals surface area contributed by atoms with Crippen molar-refractivity contribution in [1.29, 1.82) is 0 Å². The van der Waals surface area contributed by atoms with Gasteiger partial charge in [0.05, 0.1) is 13.2 Å². The zero-order valence-electron chi connectivity index (χ0n) is 12.0. The van der Waals surface area contributed by atoms with Gasteiger partial charge in [-0.3, -0.25) is 0 Å². The van der Waals surface area contributed by atoms with E-state index in [-0.39, 0.29) is 0 Å². The van der Waals surface area contributed by atoms with Gasteiger partial charge in [-0.1, -0.05) is 54.6 Å². The van der Waals surface area contributed by atoms with Gasteiger partial charge < -0.3 is 9.47 Å².